The zero-order valence-corrected chi connectivity index (χ0v) is 19.0. The standard InChI is InChI=1S/C23H20FN3O3S2/c1-3-15-6-5-9-20-21(15)27(2)23(31-20)25-22(28)16-7-4-8-18(14-16)26-32(29,30)19-12-10-17(24)11-13-19/h4-14,26H,3H2,1-2H3. The van der Waals surface area contributed by atoms with Gasteiger partial charge < -0.3 is 4.57 Å². The Kier molecular flexibility index (Phi) is 5.94. The molecule has 4 rings (SSSR count). The number of anilines is 1. The third-order valence-corrected chi connectivity index (χ3v) is 7.46. The molecule has 3 aromatic carbocycles. The zero-order valence-electron chi connectivity index (χ0n) is 17.4. The summed E-state index contributed by atoms with van der Waals surface area (Å²) in [5.41, 5.74) is 2.68. The van der Waals surface area contributed by atoms with E-state index in [0.717, 1.165) is 28.8 Å². The lowest BCUT2D eigenvalue weighted by Crippen LogP contribution is -2.15. The van der Waals surface area contributed by atoms with Crippen LogP contribution in [0, 0.1) is 5.82 Å². The van der Waals surface area contributed by atoms with Crippen molar-refractivity contribution in [3.63, 3.8) is 0 Å². The fourth-order valence-corrected chi connectivity index (χ4v) is 5.49. The van der Waals surface area contributed by atoms with E-state index >= 15 is 0 Å². The molecular formula is C23H20FN3O3S2. The van der Waals surface area contributed by atoms with Crippen LogP contribution in [0.5, 0.6) is 0 Å². The summed E-state index contributed by atoms with van der Waals surface area (Å²) in [7, 11) is -2.05. The van der Waals surface area contributed by atoms with Crippen LogP contribution in [0.1, 0.15) is 22.8 Å². The molecule has 0 fully saturated rings. The quantitative estimate of drug-likeness (QED) is 0.468. The Bertz CT molecular complexity index is 1490. The van der Waals surface area contributed by atoms with E-state index in [4.69, 9.17) is 0 Å². The molecule has 1 N–H and O–H groups in total. The maximum atomic E-state index is 13.1. The minimum atomic E-state index is -3.92. The summed E-state index contributed by atoms with van der Waals surface area (Å²) in [6, 6.07) is 16.6. The molecule has 0 unspecified atom stereocenters. The van der Waals surface area contributed by atoms with Gasteiger partial charge in [0.1, 0.15) is 5.82 Å². The van der Waals surface area contributed by atoms with Crippen LogP contribution in [-0.2, 0) is 23.5 Å². The highest BCUT2D eigenvalue weighted by Crippen LogP contribution is 2.22. The van der Waals surface area contributed by atoms with Crippen molar-refractivity contribution in [1.82, 2.24) is 4.57 Å². The molecule has 0 bridgehead atoms. The molecule has 0 radical (unpaired) electrons. The van der Waals surface area contributed by atoms with Crippen LogP contribution in [-0.4, -0.2) is 18.9 Å². The van der Waals surface area contributed by atoms with E-state index in [0.29, 0.717) is 4.80 Å². The maximum absolute atomic E-state index is 13.1. The Morgan fingerprint density at radius 3 is 2.53 bits per heavy atom. The SMILES string of the molecule is CCc1cccc2sc(=NC(=O)c3cccc(NS(=O)(=O)c4ccc(F)cc4)c3)n(C)c12. The molecule has 0 saturated heterocycles. The number of nitrogens with zero attached hydrogens (tertiary/aromatic N) is 2. The van der Waals surface area contributed by atoms with Gasteiger partial charge in [-0.05, 0) is 60.5 Å². The predicted octanol–water partition coefficient (Wildman–Crippen LogP) is 4.48. The van der Waals surface area contributed by atoms with E-state index in [1.54, 1.807) is 12.1 Å². The molecule has 0 aliphatic heterocycles. The normalized spacial score (nSPS) is 12.3. The fourth-order valence-electron chi connectivity index (χ4n) is 3.37. The van der Waals surface area contributed by atoms with Gasteiger partial charge in [-0.25, -0.2) is 12.8 Å². The zero-order chi connectivity index (χ0) is 22.9. The van der Waals surface area contributed by atoms with Gasteiger partial charge in [-0.15, -0.1) is 0 Å². The van der Waals surface area contributed by atoms with E-state index in [2.05, 4.69) is 22.7 Å². The van der Waals surface area contributed by atoms with Gasteiger partial charge >= 0.3 is 0 Å². The highest BCUT2D eigenvalue weighted by atomic mass is 32.2. The molecular weight excluding hydrogens is 449 g/mol. The van der Waals surface area contributed by atoms with Crippen LogP contribution >= 0.6 is 11.3 Å². The summed E-state index contributed by atoms with van der Waals surface area (Å²) in [5, 5.41) is 0. The second kappa shape index (κ2) is 8.68. The van der Waals surface area contributed by atoms with Crippen molar-refractivity contribution in [2.45, 2.75) is 18.2 Å². The van der Waals surface area contributed by atoms with Crippen molar-refractivity contribution in [1.29, 1.82) is 0 Å². The highest BCUT2D eigenvalue weighted by Gasteiger charge is 2.15. The highest BCUT2D eigenvalue weighted by molar-refractivity contribution is 7.92. The molecule has 1 aromatic heterocycles. The molecule has 164 valence electrons. The summed E-state index contributed by atoms with van der Waals surface area (Å²) in [5.74, 6) is -1.01. The number of carbonyl (C=O) groups excluding carboxylic acids is 1. The third-order valence-electron chi connectivity index (χ3n) is 4.97. The Labute approximate surface area is 188 Å². The molecule has 0 spiro atoms. The van der Waals surface area contributed by atoms with Gasteiger partial charge in [-0.1, -0.05) is 36.5 Å². The molecule has 1 amide bonds. The number of fused-ring (bicyclic) bond motifs is 1. The van der Waals surface area contributed by atoms with Crippen molar-refractivity contribution in [2.24, 2.45) is 12.0 Å². The minimum Gasteiger partial charge on any atom is -0.319 e. The summed E-state index contributed by atoms with van der Waals surface area (Å²) in [4.78, 5) is 17.6. The van der Waals surface area contributed by atoms with Crippen LogP contribution in [0.3, 0.4) is 0 Å². The molecule has 0 atom stereocenters. The molecule has 0 saturated carbocycles. The van der Waals surface area contributed by atoms with Gasteiger partial charge in [-0.3, -0.25) is 9.52 Å². The largest absolute Gasteiger partial charge is 0.319 e. The number of aryl methyl sites for hydroxylation is 2. The van der Waals surface area contributed by atoms with Crippen LogP contribution in [0.4, 0.5) is 10.1 Å². The summed E-state index contributed by atoms with van der Waals surface area (Å²) in [6.07, 6.45) is 0.867. The van der Waals surface area contributed by atoms with Crippen molar-refractivity contribution >= 4 is 43.2 Å². The Hall–Kier alpha value is -3.30. The second-order valence-electron chi connectivity index (χ2n) is 7.12. The Morgan fingerprint density at radius 2 is 1.81 bits per heavy atom. The van der Waals surface area contributed by atoms with E-state index < -0.39 is 21.7 Å². The van der Waals surface area contributed by atoms with Crippen LogP contribution in [0.2, 0.25) is 0 Å². The van der Waals surface area contributed by atoms with E-state index in [1.165, 1.54) is 41.2 Å². The number of thiazole rings is 1. The molecule has 1 heterocycles. The molecule has 0 aliphatic carbocycles. The second-order valence-corrected chi connectivity index (χ2v) is 9.81. The average molecular weight is 470 g/mol. The number of hydrogen-bond donors (Lipinski definition) is 1. The average Bonchev–Trinajstić information content (AvgIpc) is 3.09. The summed E-state index contributed by atoms with van der Waals surface area (Å²) in [6.45, 7) is 2.08. The fraction of sp³-hybridized carbons (Fsp3) is 0.130. The van der Waals surface area contributed by atoms with Gasteiger partial charge in [0.15, 0.2) is 4.80 Å². The predicted molar refractivity (Wildman–Crippen MR) is 124 cm³/mol. The van der Waals surface area contributed by atoms with Crippen LogP contribution < -0.4 is 9.52 Å². The lowest BCUT2D eigenvalue weighted by molar-refractivity contribution is 0.0998. The van der Waals surface area contributed by atoms with Gasteiger partial charge in [0, 0.05) is 18.3 Å². The number of halogens is 1. The van der Waals surface area contributed by atoms with Crippen molar-refractivity contribution in [3.05, 3.63) is 88.5 Å². The first kappa shape index (κ1) is 21.9. The number of benzene rings is 3. The number of para-hydroxylation sites is 1. The monoisotopic (exact) mass is 469 g/mol. The van der Waals surface area contributed by atoms with Gasteiger partial charge in [0.05, 0.1) is 15.1 Å². The number of amides is 1. The minimum absolute atomic E-state index is 0.0793. The van der Waals surface area contributed by atoms with Crippen LogP contribution in [0.25, 0.3) is 10.2 Å². The number of carbonyl (C=O) groups is 1. The van der Waals surface area contributed by atoms with Crippen molar-refractivity contribution in [2.75, 3.05) is 4.72 Å². The van der Waals surface area contributed by atoms with Gasteiger partial charge in [0.2, 0.25) is 0 Å². The summed E-state index contributed by atoms with van der Waals surface area (Å²) < 4.78 is 43.5. The molecule has 6 nitrogen and oxygen atoms in total. The lowest BCUT2D eigenvalue weighted by Gasteiger charge is -2.08. The lowest BCUT2D eigenvalue weighted by atomic mass is 10.1. The maximum Gasteiger partial charge on any atom is 0.279 e. The van der Waals surface area contributed by atoms with Crippen molar-refractivity contribution in [3.8, 4) is 0 Å². The first-order valence-corrected chi connectivity index (χ1v) is 12.1. The van der Waals surface area contributed by atoms with E-state index in [1.807, 2.05) is 23.7 Å². The topological polar surface area (TPSA) is 80.5 Å². The van der Waals surface area contributed by atoms with E-state index in [-0.39, 0.29) is 16.1 Å². The third kappa shape index (κ3) is 4.35. The Balaban J connectivity index is 1.65. The molecule has 32 heavy (non-hydrogen) atoms. The van der Waals surface area contributed by atoms with E-state index in [9.17, 15) is 17.6 Å². The molecule has 0 aliphatic rings. The first-order chi connectivity index (χ1) is 15.3. The van der Waals surface area contributed by atoms with Gasteiger partial charge in [-0.2, -0.15) is 4.99 Å². The number of sulfonamides is 1. The Morgan fingerprint density at radius 1 is 1.09 bits per heavy atom. The molecule has 9 heteroatoms. The summed E-state index contributed by atoms with van der Waals surface area (Å²) >= 11 is 1.42. The van der Waals surface area contributed by atoms with Gasteiger partial charge in [0.25, 0.3) is 15.9 Å². The van der Waals surface area contributed by atoms with Crippen molar-refractivity contribution < 1.29 is 17.6 Å². The number of nitrogens with one attached hydrogen (secondary N) is 1. The van der Waals surface area contributed by atoms with Crippen LogP contribution in [0.15, 0.2) is 76.6 Å². The number of aromatic nitrogens is 1. The molecule has 4 aromatic rings. The number of hydrogen-bond acceptors (Lipinski definition) is 4. The number of rotatable bonds is 5. The first-order valence-electron chi connectivity index (χ1n) is 9.83. The smallest absolute Gasteiger partial charge is 0.279 e.